The molecule has 2 aliphatic rings. The molecule has 1 unspecified atom stereocenters. The Morgan fingerprint density at radius 3 is 2.65 bits per heavy atom. The summed E-state index contributed by atoms with van der Waals surface area (Å²) in [6.07, 6.45) is 6.39. The highest BCUT2D eigenvalue weighted by Crippen LogP contribution is 2.50. The summed E-state index contributed by atoms with van der Waals surface area (Å²) in [6, 6.07) is 18.2. The number of carbonyl (C=O) groups is 2. The zero-order valence-corrected chi connectivity index (χ0v) is 22.6. The number of hydrogen-bond acceptors (Lipinski definition) is 5. The Balaban J connectivity index is 1.43. The maximum absolute atomic E-state index is 13.2. The molecule has 0 radical (unpaired) electrons. The third-order valence-corrected chi connectivity index (χ3v) is 8.55. The number of unbranched alkanes of at least 4 members (excludes halogenated alkanes) is 2. The average Bonchev–Trinajstić information content (AvgIpc) is 2.88. The molecular formula is C31H42N2O4. The number of ether oxygens (including phenoxy) is 1. The van der Waals surface area contributed by atoms with Gasteiger partial charge < -0.3 is 19.6 Å². The van der Waals surface area contributed by atoms with E-state index in [4.69, 9.17) is 4.74 Å². The minimum atomic E-state index is -0.500. The zero-order valence-electron chi connectivity index (χ0n) is 22.6. The lowest BCUT2D eigenvalue weighted by atomic mass is 9.57. The van der Waals surface area contributed by atoms with E-state index in [-0.39, 0.29) is 29.3 Å². The average molecular weight is 507 g/mol. The zero-order chi connectivity index (χ0) is 26.4. The van der Waals surface area contributed by atoms with Gasteiger partial charge in [0.1, 0.15) is 5.75 Å². The molecular weight excluding hydrogens is 464 g/mol. The Hall–Kier alpha value is -2.70. The Morgan fingerprint density at radius 1 is 1.11 bits per heavy atom. The van der Waals surface area contributed by atoms with Gasteiger partial charge in [-0.3, -0.25) is 9.59 Å². The van der Waals surface area contributed by atoms with E-state index >= 15 is 0 Å². The standard InChI is InChI=1S/C31H42N2O4/c1-23(34)37-27-15-10-14-25(19-27)31-17-18-32(2)22-28(31)29(35)20-26(21-31)33(3)30(36)16-9-5-8-13-24-11-6-4-7-12-24/h4,6-7,10-12,14-15,19,26,28-29,35H,5,8-9,13,16-18,20-22H2,1-3H3/t26-,28-,29?,31-/m0/s1. The van der Waals surface area contributed by atoms with Crippen molar-refractivity contribution < 1.29 is 19.4 Å². The van der Waals surface area contributed by atoms with Crippen molar-refractivity contribution in [2.45, 2.75) is 75.9 Å². The van der Waals surface area contributed by atoms with Crippen molar-refractivity contribution in [1.29, 1.82) is 0 Å². The van der Waals surface area contributed by atoms with Crippen LogP contribution in [0.3, 0.4) is 0 Å². The lowest BCUT2D eigenvalue weighted by molar-refractivity contribution is -0.136. The van der Waals surface area contributed by atoms with Gasteiger partial charge in [0.15, 0.2) is 0 Å². The largest absolute Gasteiger partial charge is 0.427 e. The van der Waals surface area contributed by atoms with Crippen molar-refractivity contribution in [3.8, 4) is 5.75 Å². The fourth-order valence-corrected chi connectivity index (χ4v) is 6.48. The number of carbonyl (C=O) groups excluding carboxylic acids is 2. The molecule has 2 aromatic carbocycles. The number of hydrogen-bond donors (Lipinski definition) is 1. The predicted molar refractivity (Wildman–Crippen MR) is 145 cm³/mol. The van der Waals surface area contributed by atoms with Gasteiger partial charge in [0.2, 0.25) is 5.91 Å². The summed E-state index contributed by atoms with van der Waals surface area (Å²) < 4.78 is 5.40. The lowest BCUT2D eigenvalue weighted by Gasteiger charge is -2.55. The first-order chi connectivity index (χ1) is 17.8. The second-order valence-electron chi connectivity index (χ2n) is 11.1. The maximum Gasteiger partial charge on any atom is 0.308 e. The van der Waals surface area contributed by atoms with Gasteiger partial charge in [0.25, 0.3) is 0 Å². The van der Waals surface area contributed by atoms with Crippen molar-refractivity contribution in [1.82, 2.24) is 9.80 Å². The van der Waals surface area contributed by atoms with Crippen LogP contribution >= 0.6 is 0 Å². The predicted octanol–water partition coefficient (Wildman–Crippen LogP) is 4.59. The molecule has 1 aliphatic carbocycles. The lowest BCUT2D eigenvalue weighted by Crippen LogP contribution is -2.60. The topological polar surface area (TPSA) is 70.1 Å². The summed E-state index contributed by atoms with van der Waals surface area (Å²) in [7, 11) is 4.01. The van der Waals surface area contributed by atoms with Crippen LogP contribution in [0.4, 0.5) is 0 Å². The Labute approximate surface area is 221 Å². The molecule has 1 amide bonds. The van der Waals surface area contributed by atoms with E-state index in [1.807, 2.05) is 30.1 Å². The highest BCUT2D eigenvalue weighted by Gasteiger charge is 2.52. The number of fused-ring (bicyclic) bond motifs is 1. The minimum Gasteiger partial charge on any atom is -0.427 e. The van der Waals surface area contributed by atoms with E-state index in [1.54, 1.807) is 6.07 Å². The molecule has 37 heavy (non-hydrogen) atoms. The van der Waals surface area contributed by atoms with Crippen LogP contribution < -0.4 is 4.74 Å². The van der Waals surface area contributed by atoms with Crippen LogP contribution in [0.2, 0.25) is 0 Å². The van der Waals surface area contributed by atoms with E-state index in [9.17, 15) is 14.7 Å². The molecule has 1 N–H and O–H groups in total. The number of aliphatic hydroxyl groups is 1. The van der Waals surface area contributed by atoms with Crippen LogP contribution in [-0.2, 0) is 21.4 Å². The number of piperidine rings is 1. The van der Waals surface area contributed by atoms with Crippen LogP contribution in [0.5, 0.6) is 5.75 Å². The van der Waals surface area contributed by atoms with Crippen LogP contribution in [0.25, 0.3) is 0 Å². The van der Waals surface area contributed by atoms with E-state index in [1.165, 1.54) is 12.5 Å². The van der Waals surface area contributed by atoms with Crippen molar-refractivity contribution in [2.75, 3.05) is 27.2 Å². The first-order valence-electron chi connectivity index (χ1n) is 13.7. The first-order valence-corrected chi connectivity index (χ1v) is 13.7. The molecule has 1 saturated carbocycles. The summed E-state index contributed by atoms with van der Waals surface area (Å²) in [4.78, 5) is 28.9. The summed E-state index contributed by atoms with van der Waals surface area (Å²) in [5.41, 5.74) is 2.17. The monoisotopic (exact) mass is 506 g/mol. The molecule has 0 spiro atoms. The fraction of sp³-hybridized carbons (Fsp3) is 0.548. The molecule has 4 atom stereocenters. The van der Waals surface area contributed by atoms with Gasteiger partial charge in [-0.05, 0) is 75.4 Å². The van der Waals surface area contributed by atoms with E-state index < -0.39 is 6.10 Å². The highest BCUT2D eigenvalue weighted by atomic mass is 16.5. The van der Waals surface area contributed by atoms with Gasteiger partial charge in [-0.15, -0.1) is 0 Å². The number of esters is 1. The number of benzene rings is 2. The summed E-state index contributed by atoms with van der Waals surface area (Å²) in [5, 5.41) is 11.4. The van der Waals surface area contributed by atoms with E-state index in [0.717, 1.165) is 57.2 Å². The number of nitrogens with zero attached hydrogens (tertiary/aromatic N) is 2. The van der Waals surface area contributed by atoms with Crippen molar-refractivity contribution in [2.24, 2.45) is 5.92 Å². The van der Waals surface area contributed by atoms with Gasteiger partial charge >= 0.3 is 5.97 Å². The maximum atomic E-state index is 13.2. The minimum absolute atomic E-state index is 0.0242. The molecule has 2 fully saturated rings. The van der Waals surface area contributed by atoms with Crippen molar-refractivity contribution in [3.63, 3.8) is 0 Å². The van der Waals surface area contributed by atoms with Gasteiger partial charge in [-0.1, -0.05) is 48.9 Å². The molecule has 6 heteroatoms. The molecule has 200 valence electrons. The van der Waals surface area contributed by atoms with Crippen LogP contribution in [-0.4, -0.2) is 66.1 Å². The van der Waals surface area contributed by atoms with Gasteiger partial charge in [0.05, 0.1) is 6.10 Å². The number of rotatable bonds is 9. The second-order valence-corrected chi connectivity index (χ2v) is 11.1. The smallest absolute Gasteiger partial charge is 0.308 e. The molecule has 0 bridgehead atoms. The third kappa shape index (κ3) is 6.60. The molecule has 6 nitrogen and oxygen atoms in total. The Bertz CT molecular complexity index is 1060. The third-order valence-electron chi connectivity index (χ3n) is 8.55. The normalized spacial score (nSPS) is 25.8. The fourth-order valence-electron chi connectivity index (χ4n) is 6.48. The van der Waals surface area contributed by atoms with Gasteiger partial charge in [-0.25, -0.2) is 0 Å². The van der Waals surface area contributed by atoms with Crippen LogP contribution in [0, 0.1) is 5.92 Å². The van der Waals surface area contributed by atoms with Crippen LogP contribution in [0.15, 0.2) is 54.6 Å². The molecule has 1 saturated heterocycles. The number of aryl methyl sites for hydroxylation is 1. The quantitative estimate of drug-likeness (QED) is 0.306. The molecule has 2 aromatic rings. The SMILES string of the molecule is CC(=O)Oc1cccc([C@@]23CCN(C)C[C@H]2C(O)C[C@H](N(C)C(=O)CCCCCc2ccccc2)C3)c1. The van der Waals surface area contributed by atoms with Gasteiger partial charge in [0, 0.05) is 44.3 Å². The molecule has 4 rings (SSSR count). The van der Waals surface area contributed by atoms with Crippen molar-refractivity contribution in [3.05, 3.63) is 65.7 Å². The molecule has 1 aliphatic heterocycles. The number of likely N-dealkylation sites (tertiary alicyclic amines) is 1. The second kappa shape index (κ2) is 12.2. The van der Waals surface area contributed by atoms with Crippen molar-refractivity contribution >= 4 is 11.9 Å². The summed E-state index contributed by atoms with van der Waals surface area (Å²) in [6.45, 7) is 3.14. The first kappa shape index (κ1) is 27.3. The summed E-state index contributed by atoms with van der Waals surface area (Å²) >= 11 is 0. The molecule has 1 heterocycles. The van der Waals surface area contributed by atoms with Gasteiger partial charge in [-0.2, -0.15) is 0 Å². The van der Waals surface area contributed by atoms with Crippen LogP contribution in [0.1, 0.15) is 63.0 Å². The Kier molecular flexibility index (Phi) is 9.04. The highest BCUT2D eigenvalue weighted by molar-refractivity contribution is 5.76. The Morgan fingerprint density at radius 2 is 1.89 bits per heavy atom. The molecule has 0 aromatic heterocycles. The number of aliphatic hydroxyl groups excluding tert-OH is 1. The number of amides is 1. The van der Waals surface area contributed by atoms with E-state index in [2.05, 4.69) is 42.3 Å². The van der Waals surface area contributed by atoms with E-state index in [0.29, 0.717) is 18.6 Å². The summed E-state index contributed by atoms with van der Waals surface area (Å²) in [5.74, 6) is 0.419.